The Bertz CT molecular complexity index is 1810. The number of benzene rings is 4. The van der Waals surface area contributed by atoms with Gasteiger partial charge in [0.2, 0.25) is 0 Å². The van der Waals surface area contributed by atoms with Crippen LogP contribution in [0.25, 0.3) is 0 Å². The average molecular weight is 772 g/mol. The number of amides is 3. The molecule has 54 heavy (non-hydrogen) atoms. The van der Waals surface area contributed by atoms with Crippen LogP contribution in [-0.2, 0) is 17.6 Å². The predicted octanol–water partition coefficient (Wildman–Crippen LogP) is 7.00. The van der Waals surface area contributed by atoms with Crippen molar-refractivity contribution in [2.75, 3.05) is 83.1 Å². The van der Waals surface area contributed by atoms with E-state index in [0.29, 0.717) is 35.6 Å². The topological polar surface area (TPSA) is 111 Å². The fraction of sp³-hybridized carbons (Fsp3) is 0.310. The summed E-state index contributed by atoms with van der Waals surface area (Å²) in [5, 5.41) is 4.13. The van der Waals surface area contributed by atoms with Gasteiger partial charge in [-0.25, -0.2) is 4.79 Å². The largest absolute Gasteiger partial charge is 0.445 e. The van der Waals surface area contributed by atoms with Crippen LogP contribution in [-0.4, -0.2) is 110 Å². The quantitative estimate of drug-likeness (QED) is 0.125. The van der Waals surface area contributed by atoms with E-state index in [0.717, 1.165) is 75.2 Å². The second kappa shape index (κ2) is 20.5. The van der Waals surface area contributed by atoms with Crippen LogP contribution >= 0.6 is 23.2 Å². The molecule has 0 atom stereocenters. The van der Waals surface area contributed by atoms with E-state index >= 15 is 0 Å². The third-order valence-electron chi connectivity index (χ3n) is 9.45. The highest BCUT2D eigenvalue weighted by atomic mass is 35.5. The van der Waals surface area contributed by atoms with Gasteiger partial charge >= 0.3 is 6.09 Å². The number of carbonyl (C=O) groups is 3. The van der Waals surface area contributed by atoms with Gasteiger partial charge in [-0.2, -0.15) is 0 Å². The van der Waals surface area contributed by atoms with E-state index in [1.807, 2.05) is 34.1 Å². The van der Waals surface area contributed by atoms with Gasteiger partial charge in [0.05, 0.1) is 0 Å². The zero-order chi connectivity index (χ0) is 38.3. The Morgan fingerprint density at radius 1 is 0.630 bits per heavy atom. The van der Waals surface area contributed by atoms with E-state index in [-0.39, 0.29) is 18.4 Å². The number of halogens is 2. The lowest BCUT2D eigenvalue weighted by Gasteiger charge is -2.34. The molecule has 4 aromatic rings. The maximum atomic E-state index is 12.8. The van der Waals surface area contributed by atoms with E-state index < -0.39 is 6.09 Å². The van der Waals surface area contributed by atoms with Gasteiger partial charge in [-0.15, -0.1) is 0 Å². The summed E-state index contributed by atoms with van der Waals surface area (Å²) in [6.45, 7) is 12.1. The van der Waals surface area contributed by atoms with Crippen LogP contribution in [0.2, 0.25) is 10.0 Å². The Morgan fingerprint density at radius 3 is 1.44 bits per heavy atom. The molecule has 12 heteroatoms. The van der Waals surface area contributed by atoms with Gasteiger partial charge in [-0.05, 0) is 96.8 Å². The van der Waals surface area contributed by atoms with Crippen molar-refractivity contribution < 1.29 is 19.1 Å². The van der Waals surface area contributed by atoms with Crippen molar-refractivity contribution in [1.82, 2.24) is 19.6 Å². The molecule has 2 aliphatic heterocycles. The molecule has 4 aromatic carbocycles. The molecule has 0 spiro atoms. The Balaban J connectivity index is 0.000000213. The van der Waals surface area contributed by atoms with Crippen LogP contribution in [0, 0.1) is 0 Å². The molecule has 2 saturated heterocycles. The summed E-state index contributed by atoms with van der Waals surface area (Å²) < 4.78 is 4.88. The fourth-order valence-corrected chi connectivity index (χ4v) is 6.45. The van der Waals surface area contributed by atoms with Gasteiger partial charge < -0.3 is 20.3 Å². The number of carbonyl (C=O) groups excluding carboxylic acids is 3. The Morgan fingerprint density at radius 2 is 1.04 bits per heavy atom. The van der Waals surface area contributed by atoms with Crippen LogP contribution in [0.3, 0.4) is 0 Å². The molecule has 0 aliphatic carbocycles. The molecule has 3 N–H and O–H groups in total. The zero-order valence-electron chi connectivity index (χ0n) is 30.5. The molecule has 2 aliphatic rings. The number of ether oxygens (including phenoxy) is 1. The minimum absolute atomic E-state index is 0.00753. The molecule has 0 aromatic heterocycles. The highest BCUT2D eigenvalue weighted by Gasteiger charge is 2.23. The van der Waals surface area contributed by atoms with Crippen LogP contribution in [0.15, 0.2) is 110 Å². The van der Waals surface area contributed by atoms with Gasteiger partial charge in [0.15, 0.2) is 0 Å². The Kier molecular flexibility index (Phi) is 15.3. The van der Waals surface area contributed by atoms with Crippen molar-refractivity contribution in [2.45, 2.75) is 12.8 Å². The van der Waals surface area contributed by atoms with Crippen LogP contribution < -0.4 is 11.1 Å². The summed E-state index contributed by atoms with van der Waals surface area (Å²) in [6.07, 6.45) is 2.92. The molecule has 3 amide bonds. The zero-order valence-corrected chi connectivity index (χ0v) is 32.0. The first-order chi connectivity index (χ1) is 26.2. The number of nitrogens with one attached hydrogen (secondary N) is 1. The molecule has 2 heterocycles. The Labute approximate surface area is 328 Å². The standard InChI is InChI=1S/C23H26ClN3O3.C19H22ClN3O/c1-2-17-30-23(29)25-21-9-5-19(6-10-21)22(28)27-15-13-26(14-16-27)12-11-18-3-7-20(24)8-4-18;20-17-5-1-15(2-6-17)9-10-22-11-13-23(14-12-22)19(24)16-3-7-18(21)8-4-16/h2-10H,1,11-17H2,(H,25,29);1-8H,9-14,21H2. The summed E-state index contributed by atoms with van der Waals surface area (Å²) in [5.74, 6) is 0.0977. The van der Waals surface area contributed by atoms with Crippen LogP contribution in [0.4, 0.5) is 16.2 Å². The number of rotatable bonds is 11. The number of nitrogens with two attached hydrogens (primary N) is 1. The second-order valence-electron chi connectivity index (χ2n) is 13.2. The van der Waals surface area contributed by atoms with Gasteiger partial charge in [-0.1, -0.05) is 60.1 Å². The number of hydrogen-bond acceptors (Lipinski definition) is 7. The normalized spacial score (nSPS) is 14.8. The van der Waals surface area contributed by atoms with E-state index in [4.69, 9.17) is 33.7 Å². The van der Waals surface area contributed by atoms with Gasteiger partial charge in [0, 0.05) is 98.0 Å². The number of anilines is 2. The van der Waals surface area contributed by atoms with E-state index in [9.17, 15) is 14.4 Å². The van der Waals surface area contributed by atoms with E-state index in [2.05, 4.69) is 46.0 Å². The van der Waals surface area contributed by atoms with Crippen LogP contribution in [0.5, 0.6) is 0 Å². The highest BCUT2D eigenvalue weighted by Crippen LogP contribution is 2.16. The van der Waals surface area contributed by atoms with Gasteiger partial charge in [0.25, 0.3) is 11.8 Å². The number of nitrogen functional groups attached to an aromatic ring is 1. The molecule has 10 nitrogen and oxygen atoms in total. The smallest absolute Gasteiger partial charge is 0.411 e. The highest BCUT2D eigenvalue weighted by molar-refractivity contribution is 6.30. The SMILES string of the molecule is C=CCOC(=O)Nc1ccc(C(=O)N2CCN(CCc3ccc(Cl)cc3)CC2)cc1.Nc1ccc(C(=O)N2CCN(CCc3ccc(Cl)cc3)CC2)cc1. The molecular formula is C42H48Cl2N6O4. The van der Waals surface area contributed by atoms with Crippen molar-refractivity contribution in [3.63, 3.8) is 0 Å². The summed E-state index contributed by atoms with van der Waals surface area (Å²) in [6, 6.07) is 29.9. The van der Waals surface area contributed by atoms with E-state index in [1.54, 1.807) is 48.5 Å². The summed E-state index contributed by atoms with van der Waals surface area (Å²) >= 11 is 11.8. The monoisotopic (exact) mass is 770 g/mol. The molecule has 284 valence electrons. The maximum absolute atomic E-state index is 12.8. The third kappa shape index (κ3) is 12.6. The molecule has 0 unspecified atom stereocenters. The Hall–Kier alpha value is -4.87. The van der Waals surface area contributed by atoms with Crippen molar-refractivity contribution in [2.24, 2.45) is 0 Å². The lowest BCUT2D eigenvalue weighted by Crippen LogP contribution is -2.49. The fourth-order valence-electron chi connectivity index (χ4n) is 6.20. The van der Waals surface area contributed by atoms with Crippen molar-refractivity contribution >= 4 is 52.5 Å². The van der Waals surface area contributed by atoms with Crippen molar-refractivity contribution in [3.05, 3.63) is 142 Å². The van der Waals surface area contributed by atoms with Gasteiger partial charge in [0.1, 0.15) is 6.61 Å². The lowest BCUT2D eigenvalue weighted by molar-refractivity contribution is 0.0632. The minimum Gasteiger partial charge on any atom is -0.445 e. The average Bonchev–Trinajstić information content (AvgIpc) is 3.20. The van der Waals surface area contributed by atoms with Crippen molar-refractivity contribution in [1.29, 1.82) is 0 Å². The van der Waals surface area contributed by atoms with E-state index in [1.165, 1.54) is 17.2 Å². The predicted molar refractivity (Wildman–Crippen MR) is 217 cm³/mol. The van der Waals surface area contributed by atoms with Crippen molar-refractivity contribution in [3.8, 4) is 0 Å². The summed E-state index contributed by atoms with van der Waals surface area (Å²) in [5.41, 5.74) is 10.8. The third-order valence-corrected chi connectivity index (χ3v) is 9.95. The number of hydrogen-bond donors (Lipinski definition) is 2. The minimum atomic E-state index is -0.552. The maximum Gasteiger partial charge on any atom is 0.411 e. The first kappa shape index (κ1) is 40.3. The molecular weight excluding hydrogens is 723 g/mol. The first-order valence-corrected chi connectivity index (χ1v) is 18.9. The molecule has 2 fully saturated rings. The van der Waals surface area contributed by atoms with Gasteiger partial charge in [-0.3, -0.25) is 24.7 Å². The molecule has 6 rings (SSSR count). The number of piperazine rings is 2. The van der Waals surface area contributed by atoms with Crippen LogP contribution in [0.1, 0.15) is 31.8 Å². The summed E-state index contributed by atoms with van der Waals surface area (Å²) in [7, 11) is 0. The number of nitrogens with zero attached hydrogens (tertiary/aromatic N) is 4. The lowest BCUT2D eigenvalue weighted by atomic mass is 10.1. The molecule has 0 bridgehead atoms. The molecule has 0 radical (unpaired) electrons. The summed E-state index contributed by atoms with van der Waals surface area (Å²) in [4.78, 5) is 45.4. The molecule has 0 saturated carbocycles. The second-order valence-corrected chi connectivity index (χ2v) is 14.1. The first-order valence-electron chi connectivity index (χ1n) is 18.2.